The van der Waals surface area contributed by atoms with Crippen molar-refractivity contribution in [2.24, 2.45) is 0 Å². The molecule has 2 aromatic carbocycles. The van der Waals surface area contributed by atoms with Crippen molar-refractivity contribution in [1.29, 1.82) is 0 Å². The number of benzene rings is 2. The second-order valence-corrected chi connectivity index (χ2v) is 6.03. The molecule has 7 nitrogen and oxygen atoms in total. The summed E-state index contributed by atoms with van der Waals surface area (Å²) in [5, 5.41) is 5.21. The Labute approximate surface area is 157 Å². The van der Waals surface area contributed by atoms with Gasteiger partial charge in [0.2, 0.25) is 5.91 Å². The molecule has 0 aliphatic rings. The number of nitrogens with one attached hydrogen (secondary N) is 2. The van der Waals surface area contributed by atoms with Gasteiger partial charge in [0.05, 0.1) is 0 Å². The highest BCUT2D eigenvalue weighted by Gasteiger charge is 2.10. The molecule has 2 N–H and O–H groups in total. The van der Waals surface area contributed by atoms with E-state index in [1.54, 1.807) is 30.3 Å². The van der Waals surface area contributed by atoms with Crippen molar-refractivity contribution in [3.05, 3.63) is 53.6 Å². The van der Waals surface area contributed by atoms with Gasteiger partial charge in [-0.3, -0.25) is 9.59 Å². The number of rotatable bonds is 7. The van der Waals surface area contributed by atoms with Gasteiger partial charge in [-0.25, -0.2) is 4.79 Å². The molecule has 142 valence electrons. The van der Waals surface area contributed by atoms with Crippen molar-refractivity contribution >= 4 is 29.2 Å². The minimum atomic E-state index is -0.642. The summed E-state index contributed by atoms with van der Waals surface area (Å²) in [5.41, 5.74) is 3.05. The zero-order valence-electron chi connectivity index (χ0n) is 15.5. The van der Waals surface area contributed by atoms with Crippen molar-refractivity contribution in [2.45, 2.75) is 20.8 Å². The van der Waals surface area contributed by atoms with Crippen molar-refractivity contribution in [1.82, 2.24) is 0 Å². The van der Waals surface area contributed by atoms with Gasteiger partial charge in [-0.05, 0) is 43.7 Å². The fourth-order valence-corrected chi connectivity index (χ4v) is 2.36. The average molecular weight is 370 g/mol. The smallest absolute Gasteiger partial charge is 0.344 e. The standard InChI is InChI=1S/C20H22N2O5/c1-13-7-8-18(14(2)9-13)26-12-20(25)27-11-19(24)22-17-6-4-5-16(10-17)21-15(3)23/h4-10H,11-12H2,1-3H3,(H,21,23)(H,22,24). The Balaban J connectivity index is 1.78. The van der Waals surface area contributed by atoms with Gasteiger partial charge >= 0.3 is 5.97 Å². The Hall–Kier alpha value is -3.35. The molecule has 0 aliphatic carbocycles. The van der Waals surface area contributed by atoms with E-state index in [2.05, 4.69) is 10.6 Å². The van der Waals surface area contributed by atoms with Crippen molar-refractivity contribution in [2.75, 3.05) is 23.8 Å². The van der Waals surface area contributed by atoms with Gasteiger partial charge in [0.15, 0.2) is 13.2 Å². The number of hydrogen-bond acceptors (Lipinski definition) is 5. The maximum Gasteiger partial charge on any atom is 0.344 e. The first-order valence-electron chi connectivity index (χ1n) is 8.36. The summed E-state index contributed by atoms with van der Waals surface area (Å²) in [7, 11) is 0. The Morgan fingerprint density at radius 2 is 1.63 bits per heavy atom. The first kappa shape index (κ1) is 20.0. The average Bonchev–Trinajstić information content (AvgIpc) is 2.59. The third-order valence-corrected chi connectivity index (χ3v) is 3.51. The molecule has 0 saturated heterocycles. The second-order valence-electron chi connectivity index (χ2n) is 6.03. The number of aryl methyl sites for hydroxylation is 2. The summed E-state index contributed by atoms with van der Waals surface area (Å²) in [6.07, 6.45) is 0. The largest absolute Gasteiger partial charge is 0.482 e. The highest BCUT2D eigenvalue weighted by molar-refractivity contribution is 5.94. The molecule has 0 radical (unpaired) electrons. The van der Waals surface area contributed by atoms with Crippen LogP contribution in [0.25, 0.3) is 0 Å². The van der Waals surface area contributed by atoms with Crippen molar-refractivity contribution < 1.29 is 23.9 Å². The van der Waals surface area contributed by atoms with E-state index in [4.69, 9.17) is 9.47 Å². The summed E-state index contributed by atoms with van der Waals surface area (Å²) in [5.74, 6) is -0.750. The van der Waals surface area contributed by atoms with Crippen LogP contribution in [-0.4, -0.2) is 31.0 Å². The Morgan fingerprint density at radius 3 is 2.30 bits per heavy atom. The van der Waals surface area contributed by atoms with E-state index in [0.29, 0.717) is 17.1 Å². The van der Waals surface area contributed by atoms with E-state index < -0.39 is 18.5 Å². The predicted molar refractivity (Wildman–Crippen MR) is 102 cm³/mol. The van der Waals surface area contributed by atoms with Crippen LogP contribution in [-0.2, 0) is 19.1 Å². The van der Waals surface area contributed by atoms with Crippen LogP contribution in [0, 0.1) is 13.8 Å². The van der Waals surface area contributed by atoms with Crippen LogP contribution < -0.4 is 15.4 Å². The maximum atomic E-state index is 11.9. The number of hydrogen-bond donors (Lipinski definition) is 2. The molecule has 0 saturated carbocycles. The van der Waals surface area contributed by atoms with Crippen LogP contribution in [0.15, 0.2) is 42.5 Å². The van der Waals surface area contributed by atoms with Gasteiger partial charge in [-0.1, -0.05) is 23.8 Å². The quantitative estimate of drug-likeness (QED) is 0.731. The van der Waals surface area contributed by atoms with Gasteiger partial charge in [-0.15, -0.1) is 0 Å². The number of esters is 1. The van der Waals surface area contributed by atoms with Crippen LogP contribution in [0.3, 0.4) is 0 Å². The highest BCUT2D eigenvalue weighted by atomic mass is 16.6. The lowest BCUT2D eigenvalue weighted by Crippen LogP contribution is -2.23. The van der Waals surface area contributed by atoms with Gasteiger partial charge in [-0.2, -0.15) is 0 Å². The fourth-order valence-electron chi connectivity index (χ4n) is 2.36. The van der Waals surface area contributed by atoms with E-state index in [9.17, 15) is 14.4 Å². The van der Waals surface area contributed by atoms with Crippen LogP contribution >= 0.6 is 0 Å². The zero-order chi connectivity index (χ0) is 19.8. The van der Waals surface area contributed by atoms with Crippen molar-refractivity contribution in [3.63, 3.8) is 0 Å². The third kappa shape index (κ3) is 6.81. The molecule has 2 rings (SSSR count). The fraction of sp³-hybridized carbons (Fsp3) is 0.250. The first-order valence-corrected chi connectivity index (χ1v) is 8.36. The van der Waals surface area contributed by atoms with Crippen LogP contribution in [0.4, 0.5) is 11.4 Å². The van der Waals surface area contributed by atoms with E-state index >= 15 is 0 Å². The summed E-state index contributed by atoms with van der Waals surface area (Å²) < 4.78 is 10.3. The molecule has 0 unspecified atom stereocenters. The minimum absolute atomic E-state index is 0.212. The lowest BCUT2D eigenvalue weighted by atomic mass is 10.1. The van der Waals surface area contributed by atoms with E-state index in [1.807, 2.05) is 26.0 Å². The molecule has 0 aliphatic heterocycles. The molecule has 0 fully saturated rings. The van der Waals surface area contributed by atoms with E-state index in [-0.39, 0.29) is 12.5 Å². The van der Waals surface area contributed by atoms with E-state index in [0.717, 1.165) is 11.1 Å². The number of carbonyl (C=O) groups is 3. The second kappa shape index (κ2) is 9.38. The Bertz CT molecular complexity index is 848. The van der Waals surface area contributed by atoms with Gasteiger partial charge in [0.25, 0.3) is 5.91 Å². The predicted octanol–water partition coefficient (Wildman–Crippen LogP) is 2.82. The summed E-state index contributed by atoms with van der Waals surface area (Å²) in [4.78, 5) is 34.7. The molecule has 7 heteroatoms. The van der Waals surface area contributed by atoms with Gasteiger partial charge < -0.3 is 20.1 Å². The lowest BCUT2D eigenvalue weighted by Gasteiger charge is -2.10. The topological polar surface area (TPSA) is 93.7 Å². The molecular formula is C20H22N2O5. The van der Waals surface area contributed by atoms with Crippen LogP contribution in [0.5, 0.6) is 5.75 Å². The van der Waals surface area contributed by atoms with Gasteiger partial charge in [0, 0.05) is 18.3 Å². The molecule has 0 aromatic heterocycles. The monoisotopic (exact) mass is 370 g/mol. The maximum absolute atomic E-state index is 11.9. The Morgan fingerprint density at radius 1 is 0.926 bits per heavy atom. The molecule has 27 heavy (non-hydrogen) atoms. The van der Waals surface area contributed by atoms with Crippen LogP contribution in [0.2, 0.25) is 0 Å². The van der Waals surface area contributed by atoms with Crippen LogP contribution in [0.1, 0.15) is 18.1 Å². The Kier molecular flexibility index (Phi) is 6.93. The number of ether oxygens (including phenoxy) is 2. The minimum Gasteiger partial charge on any atom is -0.482 e. The molecule has 0 atom stereocenters. The molecule has 0 bridgehead atoms. The van der Waals surface area contributed by atoms with E-state index in [1.165, 1.54) is 6.92 Å². The lowest BCUT2D eigenvalue weighted by molar-refractivity contribution is -0.149. The molecule has 0 spiro atoms. The molecule has 2 amide bonds. The third-order valence-electron chi connectivity index (χ3n) is 3.51. The summed E-state index contributed by atoms with van der Waals surface area (Å²) in [6.45, 7) is 4.53. The molecule has 0 heterocycles. The number of carbonyl (C=O) groups excluding carboxylic acids is 3. The number of anilines is 2. The molecule has 2 aromatic rings. The normalized spacial score (nSPS) is 10.0. The first-order chi connectivity index (χ1) is 12.8. The number of amides is 2. The SMILES string of the molecule is CC(=O)Nc1cccc(NC(=O)COC(=O)COc2ccc(C)cc2C)c1. The zero-order valence-corrected chi connectivity index (χ0v) is 15.5. The highest BCUT2D eigenvalue weighted by Crippen LogP contribution is 2.18. The van der Waals surface area contributed by atoms with Crippen molar-refractivity contribution in [3.8, 4) is 5.75 Å². The molecular weight excluding hydrogens is 348 g/mol. The van der Waals surface area contributed by atoms with Gasteiger partial charge in [0.1, 0.15) is 5.75 Å². The summed E-state index contributed by atoms with van der Waals surface area (Å²) in [6, 6.07) is 12.3. The summed E-state index contributed by atoms with van der Waals surface area (Å²) >= 11 is 0.